The smallest absolute Gasteiger partial charge is 0.325 e. The number of phenolic OH excluding ortho intramolecular Hbond substituents is 1. The van der Waals surface area contributed by atoms with Crippen molar-refractivity contribution in [2.75, 3.05) is 13.6 Å². The first-order valence-electron chi connectivity index (χ1n) is 17.9. The van der Waals surface area contributed by atoms with E-state index in [-0.39, 0.29) is 31.6 Å². The molecule has 7 unspecified atom stereocenters. The number of likely N-dealkylation sites (tertiary alicyclic amines) is 1. The van der Waals surface area contributed by atoms with Gasteiger partial charge in [0.2, 0.25) is 35.4 Å². The van der Waals surface area contributed by atoms with Gasteiger partial charge in [-0.2, -0.15) is 0 Å². The minimum Gasteiger partial charge on any atom is -0.508 e. The minimum atomic E-state index is -1.32. The fourth-order valence-electron chi connectivity index (χ4n) is 6.21. The lowest BCUT2D eigenvalue weighted by Crippen LogP contribution is -2.61. The standard InChI is InChI=1S/C38H52N6O10/c1-21(2)31(42-35(50)32(23(4)45)40-24(5)46)37(52)44-18-10-13-29(44)33(48)41-28(19-26-14-16-27(47)17-15-26)36(51)43(6)30(20-25-11-8-7-9-12-25)34(49)39-22(3)38(53)54/h7-9,11-12,14-17,21-23,28-32,45,47H,10,13,18-20H2,1-6H3,(H,39,49)(H,40,46)(H,41,48)(H,42,50)(H,53,54). The predicted molar refractivity (Wildman–Crippen MR) is 196 cm³/mol. The maximum absolute atomic E-state index is 14.3. The van der Waals surface area contributed by atoms with E-state index in [0.29, 0.717) is 17.5 Å². The zero-order chi connectivity index (χ0) is 40.3. The minimum absolute atomic E-state index is 0.0151. The average molecular weight is 753 g/mol. The van der Waals surface area contributed by atoms with Gasteiger partial charge in [-0.3, -0.25) is 33.6 Å². The molecule has 54 heavy (non-hydrogen) atoms. The lowest BCUT2D eigenvalue weighted by molar-refractivity contribution is -0.146. The quantitative estimate of drug-likeness (QED) is 0.115. The van der Waals surface area contributed by atoms with Crippen molar-refractivity contribution in [3.8, 4) is 5.75 Å². The molecular formula is C38H52N6O10. The lowest BCUT2D eigenvalue weighted by Gasteiger charge is -2.34. The molecule has 1 aliphatic rings. The molecule has 1 fully saturated rings. The van der Waals surface area contributed by atoms with E-state index in [2.05, 4.69) is 21.3 Å². The van der Waals surface area contributed by atoms with Gasteiger partial charge in [-0.25, -0.2) is 0 Å². The van der Waals surface area contributed by atoms with Crippen LogP contribution in [0, 0.1) is 5.92 Å². The summed E-state index contributed by atoms with van der Waals surface area (Å²) in [4.78, 5) is 94.7. The number of carbonyl (C=O) groups is 7. The van der Waals surface area contributed by atoms with E-state index in [9.17, 15) is 48.9 Å². The van der Waals surface area contributed by atoms with E-state index in [1.807, 2.05) is 0 Å². The molecule has 7 N–H and O–H groups in total. The molecular weight excluding hydrogens is 700 g/mol. The number of rotatable bonds is 17. The van der Waals surface area contributed by atoms with Gasteiger partial charge in [-0.1, -0.05) is 56.3 Å². The molecule has 1 saturated heterocycles. The summed E-state index contributed by atoms with van der Waals surface area (Å²) in [5.74, 6) is -5.65. The third-order valence-corrected chi connectivity index (χ3v) is 9.30. The third kappa shape index (κ3) is 11.7. The first kappa shape index (κ1) is 42.9. The molecule has 2 aromatic carbocycles. The van der Waals surface area contributed by atoms with Crippen LogP contribution in [0.3, 0.4) is 0 Å². The van der Waals surface area contributed by atoms with Crippen molar-refractivity contribution in [1.82, 2.24) is 31.1 Å². The van der Waals surface area contributed by atoms with E-state index in [1.165, 1.54) is 44.9 Å². The van der Waals surface area contributed by atoms with Crippen LogP contribution in [0.2, 0.25) is 0 Å². The molecule has 6 amide bonds. The summed E-state index contributed by atoms with van der Waals surface area (Å²) in [5.41, 5.74) is 1.26. The van der Waals surface area contributed by atoms with Crippen LogP contribution < -0.4 is 21.3 Å². The predicted octanol–water partition coefficient (Wildman–Crippen LogP) is 0.0958. The number of nitrogens with zero attached hydrogens (tertiary/aromatic N) is 2. The highest BCUT2D eigenvalue weighted by molar-refractivity contribution is 5.97. The first-order chi connectivity index (χ1) is 25.4. The van der Waals surface area contributed by atoms with Gasteiger partial charge in [0.15, 0.2) is 0 Å². The Hall–Kier alpha value is -5.51. The summed E-state index contributed by atoms with van der Waals surface area (Å²) in [5, 5.41) is 39.6. The van der Waals surface area contributed by atoms with Gasteiger partial charge in [-0.05, 0) is 55.9 Å². The molecule has 0 radical (unpaired) electrons. The van der Waals surface area contributed by atoms with Gasteiger partial charge in [0, 0.05) is 33.4 Å². The van der Waals surface area contributed by atoms with E-state index >= 15 is 0 Å². The Morgan fingerprint density at radius 3 is 1.98 bits per heavy atom. The van der Waals surface area contributed by atoms with Crippen molar-refractivity contribution < 1.29 is 48.9 Å². The van der Waals surface area contributed by atoms with Crippen molar-refractivity contribution in [2.24, 2.45) is 5.92 Å². The van der Waals surface area contributed by atoms with E-state index in [4.69, 9.17) is 0 Å². The maximum Gasteiger partial charge on any atom is 0.325 e. The number of likely N-dealkylation sites (N-methyl/N-ethyl adjacent to an activating group) is 1. The van der Waals surface area contributed by atoms with E-state index in [1.54, 1.807) is 56.3 Å². The van der Waals surface area contributed by atoms with Crippen LogP contribution >= 0.6 is 0 Å². The van der Waals surface area contributed by atoms with Gasteiger partial charge in [-0.15, -0.1) is 0 Å². The second-order valence-corrected chi connectivity index (χ2v) is 14.0. The van der Waals surface area contributed by atoms with Crippen molar-refractivity contribution in [3.05, 3.63) is 65.7 Å². The van der Waals surface area contributed by atoms with Gasteiger partial charge < -0.3 is 46.4 Å². The van der Waals surface area contributed by atoms with Crippen molar-refractivity contribution >= 4 is 41.4 Å². The Morgan fingerprint density at radius 2 is 1.43 bits per heavy atom. The van der Waals surface area contributed by atoms with E-state index < -0.39 is 89.7 Å². The highest BCUT2D eigenvalue weighted by Gasteiger charge is 2.41. The van der Waals surface area contributed by atoms with Crippen LogP contribution in [0.1, 0.15) is 58.6 Å². The number of aliphatic hydroxyl groups excluding tert-OH is 1. The van der Waals surface area contributed by atoms with Gasteiger partial charge in [0.25, 0.3) is 0 Å². The molecule has 0 aliphatic carbocycles. The Morgan fingerprint density at radius 1 is 0.815 bits per heavy atom. The molecule has 0 spiro atoms. The number of aromatic hydroxyl groups is 1. The molecule has 3 rings (SSSR count). The highest BCUT2D eigenvalue weighted by Crippen LogP contribution is 2.22. The number of benzene rings is 2. The van der Waals surface area contributed by atoms with Crippen molar-refractivity contribution in [3.63, 3.8) is 0 Å². The fourth-order valence-corrected chi connectivity index (χ4v) is 6.21. The SMILES string of the molecule is CC(=O)NC(C(=O)NC(C(=O)N1CCCC1C(=O)NC(Cc1ccc(O)cc1)C(=O)N(C)C(Cc1ccccc1)C(=O)NC(C)C(=O)O)C(C)C)C(C)O. The number of carbonyl (C=O) groups excluding carboxylic acids is 6. The molecule has 0 bridgehead atoms. The lowest BCUT2D eigenvalue weighted by atomic mass is 9.99. The number of carboxylic acids is 1. The second kappa shape index (κ2) is 19.5. The second-order valence-electron chi connectivity index (χ2n) is 14.0. The monoisotopic (exact) mass is 752 g/mol. The van der Waals surface area contributed by atoms with Gasteiger partial charge in [0.1, 0.15) is 42.0 Å². The number of carboxylic acid groups (broad SMARTS) is 1. The summed E-state index contributed by atoms with van der Waals surface area (Å²) < 4.78 is 0. The summed E-state index contributed by atoms with van der Waals surface area (Å²) in [6.45, 7) is 7.40. The van der Waals surface area contributed by atoms with Crippen LogP contribution in [0.4, 0.5) is 0 Å². The van der Waals surface area contributed by atoms with Crippen LogP contribution in [0.25, 0.3) is 0 Å². The van der Waals surface area contributed by atoms with Crippen LogP contribution in [0.5, 0.6) is 5.75 Å². The summed E-state index contributed by atoms with van der Waals surface area (Å²) in [6, 6.07) is 7.67. The number of aliphatic hydroxyl groups is 1. The van der Waals surface area contributed by atoms with Gasteiger partial charge in [0.05, 0.1) is 6.10 Å². The van der Waals surface area contributed by atoms with Crippen LogP contribution in [-0.2, 0) is 46.4 Å². The molecule has 1 aliphatic heterocycles. The summed E-state index contributed by atoms with van der Waals surface area (Å²) in [7, 11) is 1.39. The van der Waals surface area contributed by atoms with Crippen LogP contribution in [0.15, 0.2) is 54.6 Å². The zero-order valence-electron chi connectivity index (χ0n) is 31.4. The number of nitrogens with one attached hydrogen (secondary N) is 4. The largest absolute Gasteiger partial charge is 0.508 e. The molecule has 7 atom stereocenters. The Bertz CT molecular complexity index is 1650. The van der Waals surface area contributed by atoms with Crippen LogP contribution in [-0.4, -0.2) is 122 Å². The Labute approximate surface area is 314 Å². The summed E-state index contributed by atoms with van der Waals surface area (Å²) >= 11 is 0. The average Bonchev–Trinajstić information content (AvgIpc) is 3.62. The van der Waals surface area contributed by atoms with Crippen molar-refractivity contribution in [1.29, 1.82) is 0 Å². The first-order valence-corrected chi connectivity index (χ1v) is 17.9. The number of hydrogen-bond acceptors (Lipinski definition) is 9. The molecule has 294 valence electrons. The Balaban J connectivity index is 1.91. The molecule has 0 aromatic heterocycles. The fraction of sp³-hybridized carbons (Fsp3) is 0.500. The zero-order valence-corrected chi connectivity index (χ0v) is 31.4. The number of phenols is 1. The number of hydrogen-bond donors (Lipinski definition) is 7. The molecule has 16 nitrogen and oxygen atoms in total. The Kier molecular flexibility index (Phi) is 15.5. The maximum atomic E-state index is 14.3. The summed E-state index contributed by atoms with van der Waals surface area (Å²) in [6.07, 6.45) is -0.590. The van der Waals surface area contributed by atoms with Gasteiger partial charge >= 0.3 is 5.97 Å². The third-order valence-electron chi connectivity index (χ3n) is 9.30. The normalized spacial score (nSPS) is 17.3. The highest BCUT2D eigenvalue weighted by atomic mass is 16.4. The molecule has 2 aromatic rings. The molecule has 1 heterocycles. The van der Waals surface area contributed by atoms with Crippen molar-refractivity contribution in [2.45, 2.75) is 103 Å². The topological polar surface area (TPSA) is 235 Å². The number of aliphatic carboxylic acids is 1. The van der Waals surface area contributed by atoms with E-state index in [0.717, 1.165) is 4.90 Å². The number of amides is 6. The molecule has 0 saturated carbocycles. The molecule has 16 heteroatoms.